The molecule has 2 saturated heterocycles. The summed E-state index contributed by atoms with van der Waals surface area (Å²) in [5, 5.41) is 14.1. The van der Waals surface area contributed by atoms with Crippen molar-refractivity contribution >= 4 is 44.5 Å². The maximum absolute atomic E-state index is 13.7. The second-order valence-corrected chi connectivity index (χ2v) is 13.2. The fraction of sp³-hybridized carbons (Fsp3) is 0.643. The summed E-state index contributed by atoms with van der Waals surface area (Å²) >= 11 is 10.4. The fourth-order valence-electron chi connectivity index (χ4n) is 5.37. The molecule has 2 aliphatic heterocycles. The molecular weight excluding hydrogens is 600 g/mol. The minimum absolute atomic E-state index is 0.0751. The van der Waals surface area contributed by atoms with Crippen LogP contribution >= 0.6 is 27.5 Å². The van der Waals surface area contributed by atoms with E-state index in [1.807, 2.05) is 12.1 Å². The molecule has 0 radical (unpaired) electrons. The summed E-state index contributed by atoms with van der Waals surface area (Å²) in [6, 6.07) is 6.47. The monoisotopic (exact) mass is 634 g/mol. The molecule has 2 aromatic rings. The molecule has 5 rings (SSSR count). The van der Waals surface area contributed by atoms with Crippen LogP contribution in [0.3, 0.4) is 0 Å². The summed E-state index contributed by atoms with van der Waals surface area (Å²) < 4.78 is 19.1. The number of ether oxygens (including phenoxy) is 3. The second kappa shape index (κ2) is 11.5. The molecule has 1 aromatic carbocycles. The van der Waals surface area contributed by atoms with Gasteiger partial charge in [0.1, 0.15) is 28.8 Å². The number of nitrogens with one attached hydrogen (secondary N) is 1. The first-order valence-electron chi connectivity index (χ1n) is 13.8. The van der Waals surface area contributed by atoms with Crippen LogP contribution in [0.25, 0.3) is 10.9 Å². The Bertz CT molecular complexity index is 1310. The van der Waals surface area contributed by atoms with Crippen molar-refractivity contribution in [2.24, 2.45) is 0 Å². The van der Waals surface area contributed by atoms with Crippen molar-refractivity contribution in [2.45, 2.75) is 81.7 Å². The first-order valence-corrected chi connectivity index (χ1v) is 15.0. The van der Waals surface area contributed by atoms with Crippen LogP contribution in [-0.2, 0) is 10.3 Å². The van der Waals surface area contributed by atoms with Crippen molar-refractivity contribution in [3.05, 3.63) is 22.3 Å². The van der Waals surface area contributed by atoms with Gasteiger partial charge < -0.3 is 24.4 Å². The standard InChI is InChI=1S/C28H36BrClN6O4/c1-27(2,3)40-26(37)36-21(30)14-32-16-28(36,11-12-31)24-19-9-10-20(29)23(39-18-7-8-18)22(19)33-25(34-24)38-15-17-6-5-13-35(17)4/h9-10,17-18,21,32H,5-8,11,13-16H2,1-4H3/t17-,21?,28?/m0/s1. The highest BCUT2D eigenvalue weighted by molar-refractivity contribution is 9.10. The van der Waals surface area contributed by atoms with Gasteiger partial charge in [-0.25, -0.2) is 4.79 Å². The molecule has 0 spiro atoms. The van der Waals surface area contributed by atoms with E-state index < -0.39 is 22.7 Å². The first-order chi connectivity index (χ1) is 19.0. The van der Waals surface area contributed by atoms with E-state index in [2.05, 4.69) is 39.3 Å². The molecule has 3 heterocycles. The number of aromatic nitrogens is 2. The van der Waals surface area contributed by atoms with E-state index in [1.165, 1.54) is 4.90 Å². The molecule has 1 aliphatic carbocycles. The lowest BCUT2D eigenvalue weighted by Crippen LogP contribution is -2.64. The smallest absolute Gasteiger partial charge is 0.412 e. The predicted octanol–water partition coefficient (Wildman–Crippen LogP) is 4.92. The van der Waals surface area contributed by atoms with Gasteiger partial charge in [0.15, 0.2) is 5.75 Å². The summed E-state index contributed by atoms with van der Waals surface area (Å²) in [6.07, 6.45) is 3.51. The molecule has 3 atom stereocenters. The number of halogens is 2. The molecule has 216 valence electrons. The summed E-state index contributed by atoms with van der Waals surface area (Å²) in [6.45, 7) is 7.41. The highest BCUT2D eigenvalue weighted by atomic mass is 79.9. The molecular formula is C28H36BrClN6O4. The van der Waals surface area contributed by atoms with E-state index >= 15 is 0 Å². The third-order valence-corrected chi connectivity index (χ3v) is 8.49. The van der Waals surface area contributed by atoms with E-state index in [4.69, 9.17) is 35.8 Å². The van der Waals surface area contributed by atoms with Crippen LogP contribution in [0.1, 0.15) is 58.6 Å². The number of nitrogens with zero attached hydrogens (tertiary/aromatic N) is 5. The lowest BCUT2D eigenvalue weighted by Gasteiger charge is -2.48. The molecule has 1 N–H and O–H groups in total. The topological polar surface area (TPSA) is 113 Å². The Balaban J connectivity index is 1.68. The predicted molar refractivity (Wildman–Crippen MR) is 155 cm³/mol. The lowest BCUT2D eigenvalue weighted by molar-refractivity contribution is -0.0194. The quantitative estimate of drug-likeness (QED) is 0.335. The third-order valence-electron chi connectivity index (χ3n) is 7.51. The number of amides is 1. The first kappa shape index (κ1) is 29.1. The zero-order valence-corrected chi connectivity index (χ0v) is 25.7. The molecule has 2 unspecified atom stereocenters. The van der Waals surface area contributed by atoms with Crippen molar-refractivity contribution in [3.63, 3.8) is 0 Å². The van der Waals surface area contributed by atoms with Gasteiger partial charge in [0.25, 0.3) is 0 Å². The van der Waals surface area contributed by atoms with Crippen LogP contribution in [0.2, 0.25) is 0 Å². The molecule has 1 aromatic heterocycles. The van der Waals surface area contributed by atoms with Crippen LogP contribution in [0.4, 0.5) is 4.79 Å². The van der Waals surface area contributed by atoms with Crippen molar-refractivity contribution in [2.75, 3.05) is 33.3 Å². The van der Waals surface area contributed by atoms with Gasteiger partial charge in [-0.05, 0) is 88.1 Å². The van der Waals surface area contributed by atoms with Gasteiger partial charge in [0.05, 0.1) is 28.8 Å². The van der Waals surface area contributed by atoms with Crippen molar-refractivity contribution in [1.29, 1.82) is 5.26 Å². The van der Waals surface area contributed by atoms with Gasteiger partial charge in [-0.15, -0.1) is 0 Å². The number of carbonyl (C=O) groups is 1. The Labute approximate surface area is 248 Å². The van der Waals surface area contributed by atoms with E-state index in [1.54, 1.807) is 20.8 Å². The maximum Gasteiger partial charge on any atom is 0.412 e. The number of hydrogen-bond acceptors (Lipinski definition) is 9. The summed E-state index contributed by atoms with van der Waals surface area (Å²) in [7, 11) is 2.08. The summed E-state index contributed by atoms with van der Waals surface area (Å²) in [5.74, 6) is 0.591. The van der Waals surface area contributed by atoms with Crippen LogP contribution in [0.15, 0.2) is 16.6 Å². The number of benzene rings is 1. The fourth-order valence-corrected chi connectivity index (χ4v) is 6.16. The van der Waals surface area contributed by atoms with E-state index in [0.29, 0.717) is 35.5 Å². The molecule has 12 heteroatoms. The molecule has 40 heavy (non-hydrogen) atoms. The number of alkyl halides is 1. The van der Waals surface area contributed by atoms with E-state index in [-0.39, 0.29) is 31.1 Å². The Kier molecular flexibility index (Phi) is 8.35. The number of piperazine rings is 1. The van der Waals surface area contributed by atoms with Crippen LogP contribution in [0.5, 0.6) is 11.8 Å². The number of likely N-dealkylation sites (N-methyl/N-ethyl adjacent to an activating group) is 1. The zero-order valence-electron chi connectivity index (χ0n) is 23.4. The lowest BCUT2D eigenvalue weighted by atomic mass is 9.85. The average Bonchev–Trinajstić information content (AvgIpc) is 3.61. The van der Waals surface area contributed by atoms with Gasteiger partial charge >= 0.3 is 12.1 Å². The number of fused-ring (bicyclic) bond motifs is 1. The number of rotatable bonds is 7. The van der Waals surface area contributed by atoms with Crippen LogP contribution in [-0.4, -0.2) is 82.4 Å². The van der Waals surface area contributed by atoms with Crippen molar-refractivity contribution in [1.82, 2.24) is 25.1 Å². The van der Waals surface area contributed by atoms with Gasteiger partial charge in [-0.1, -0.05) is 11.6 Å². The normalized spacial score (nSPS) is 25.6. The second-order valence-electron chi connectivity index (χ2n) is 11.8. The molecule has 1 amide bonds. The molecule has 10 nitrogen and oxygen atoms in total. The van der Waals surface area contributed by atoms with Crippen LogP contribution in [0, 0.1) is 11.3 Å². The molecule has 1 saturated carbocycles. The Morgan fingerprint density at radius 2 is 2.08 bits per heavy atom. The average molecular weight is 636 g/mol. The maximum atomic E-state index is 13.7. The minimum Gasteiger partial charge on any atom is -0.487 e. The van der Waals surface area contributed by atoms with Gasteiger partial charge in [-0.2, -0.15) is 15.2 Å². The van der Waals surface area contributed by atoms with Gasteiger partial charge in [0, 0.05) is 24.5 Å². The number of carbonyl (C=O) groups excluding carboxylic acids is 1. The summed E-state index contributed by atoms with van der Waals surface area (Å²) in [5.41, 5.74) is -1.78. The van der Waals surface area contributed by atoms with Crippen molar-refractivity contribution in [3.8, 4) is 17.8 Å². The minimum atomic E-state index is -1.25. The number of likely N-dealkylation sites (tertiary alicyclic amines) is 1. The molecule has 3 fully saturated rings. The third kappa shape index (κ3) is 5.96. The Morgan fingerprint density at radius 3 is 2.73 bits per heavy atom. The summed E-state index contributed by atoms with van der Waals surface area (Å²) in [4.78, 5) is 27.1. The SMILES string of the molecule is CN1CCC[C@H]1COc1nc(C2(CC#N)CNCC(Cl)N2C(=O)OC(C)(C)C)c2ccc(Br)c(OC3CC3)c2n1. The highest BCUT2D eigenvalue weighted by Crippen LogP contribution is 2.44. The molecule has 0 bridgehead atoms. The molecule has 3 aliphatic rings. The zero-order chi connectivity index (χ0) is 28.7. The number of hydrogen-bond donors (Lipinski definition) is 1. The number of nitriles is 1. The van der Waals surface area contributed by atoms with Crippen molar-refractivity contribution < 1.29 is 19.0 Å². The largest absolute Gasteiger partial charge is 0.487 e. The Hall–Kier alpha value is -2.39. The van der Waals surface area contributed by atoms with E-state index in [9.17, 15) is 10.1 Å². The van der Waals surface area contributed by atoms with Gasteiger partial charge in [-0.3, -0.25) is 4.90 Å². The Morgan fingerprint density at radius 1 is 1.30 bits per heavy atom. The van der Waals surface area contributed by atoms with Gasteiger partial charge in [0.2, 0.25) is 0 Å². The highest BCUT2D eigenvalue weighted by Gasteiger charge is 2.51. The van der Waals surface area contributed by atoms with Crippen LogP contribution < -0.4 is 14.8 Å². The van der Waals surface area contributed by atoms with E-state index in [0.717, 1.165) is 36.7 Å².